The van der Waals surface area contributed by atoms with Crippen LogP contribution in [0.5, 0.6) is 0 Å². The Morgan fingerprint density at radius 2 is 2.08 bits per heavy atom. The van der Waals surface area contributed by atoms with Crippen LogP contribution in [0, 0.1) is 0 Å². The molecule has 0 aliphatic carbocycles. The lowest BCUT2D eigenvalue weighted by atomic mass is 10.2. The molecule has 1 aromatic heterocycles. The minimum atomic E-state index is -0.189. The lowest BCUT2D eigenvalue weighted by Gasteiger charge is -1.92. The first-order chi connectivity index (χ1) is 5.79. The van der Waals surface area contributed by atoms with Crippen LogP contribution in [0.4, 0.5) is 0 Å². The predicted octanol–water partition coefficient (Wildman–Crippen LogP) is 2.31. The van der Waals surface area contributed by atoms with Gasteiger partial charge in [-0.2, -0.15) is 4.37 Å². The van der Waals surface area contributed by atoms with E-state index in [9.17, 15) is 4.79 Å². The average molecular weight is 198 g/mol. The van der Waals surface area contributed by atoms with E-state index in [0.717, 1.165) is 4.70 Å². The number of fused-ring (bicyclic) bond motifs is 1. The van der Waals surface area contributed by atoms with Crippen LogP contribution in [0.3, 0.4) is 0 Å². The first-order valence-electron chi connectivity index (χ1n) is 3.33. The van der Waals surface area contributed by atoms with Crippen molar-refractivity contribution >= 4 is 33.2 Å². The van der Waals surface area contributed by atoms with Crippen LogP contribution in [0.15, 0.2) is 29.1 Å². The lowest BCUT2D eigenvalue weighted by Crippen LogP contribution is -2.01. The molecule has 2 rings (SSSR count). The molecule has 0 radical (unpaired) electrons. The number of halogens is 1. The summed E-state index contributed by atoms with van der Waals surface area (Å²) in [7, 11) is 0. The Morgan fingerprint density at radius 1 is 1.33 bits per heavy atom. The van der Waals surface area contributed by atoms with Crippen molar-refractivity contribution in [2.45, 2.75) is 0 Å². The Bertz CT molecular complexity index is 480. The van der Waals surface area contributed by atoms with Crippen molar-refractivity contribution in [1.29, 1.82) is 0 Å². The lowest BCUT2D eigenvalue weighted by molar-refractivity contribution is 1.49. The molecular formula is C8H4ClNOS. The van der Waals surface area contributed by atoms with Crippen molar-refractivity contribution in [2.24, 2.45) is 0 Å². The zero-order valence-electron chi connectivity index (χ0n) is 5.95. The summed E-state index contributed by atoms with van der Waals surface area (Å²) in [5.41, 5.74) is -0.189. The van der Waals surface area contributed by atoms with Gasteiger partial charge in [-0.05, 0) is 23.7 Å². The number of hydrogen-bond acceptors (Lipinski definition) is 3. The summed E-state index contributed by atoms with van der Waals surface area (Å²) in [6.45, 7) is 0. The van der Waals surface area contributed by atoms with E-state index in [2.05, 4.69) is 4.37 Å². The summed E-state index contributed by atoms with van der Waals surface area (Å²) in [5.74, 6) is 0. The van der Waals surface area contributed by atoms with Gasteiger partial charge in [0.1, 0.15) is 0 Å². The Labute approximate surface area is 77.6 Å². The van der Waals surface area contributed by atoms with Crippen molar-refractivity contribution in [3.8, 4) is 0 Å². The van der Waals surface area contributed by atoms with Gasteiger partial charge >= 0.3 is 0 Å². The molecule has 4 heteroatoms. The van der Waals surface area contributed by atoms with E-state index < -0.39 is 0 Å². The Morgan fingerprint density at radius 3 is 2.92 bits per heavy atom. The van der Waals surface area contributed by atoms with Crippen molar-refractivity contribution in [2.75, 3.05) is 0 Å². The van der Waals surface area contributed by atoms with E-state index in [1.54, 1.807) is 6.07 Å². The maximum absolute atomic E-state index is 11.3. The van der Waals surface area contributed by atoms with Crippen LogP contribution >= 0.6 is 23.1 Å². The SMILES string of the molecule is O=c1c(Cl)nsc2ccccc12. The van der Waals surface area contributed by atoms with Gasteiger partial charge in [0.05, 0.1) is 4.70 Å². The molecule has 0 saturated carbocycles. The van der Waals surface area contributed by atoms with Gasteiger partial charge < -0.3 is 0 Å². The van der Waals surface area contributed by atoms with Crippen LogP contribution in [-0.2, 0) is 0 Å². The molecular weight excluding hydrogens is 194 g/mol. The van der Waals surface area contributed by atoms with Gasteiger partial charge in [-0.15, -0.1) is 0 Å². The fraction of sp³-hybridized carbons (Fsp3) is 0. The quantitative estimate of drug-likeness (QED) is 0.649. The molecule has 12 heavy (non-hydrogen) atoms. The fourth-order valence-corrected chi connectivity index (χ4v) is 1.84. The Balaban J connectivity index is 3.01. The Hall–Kier alpha value is -0.930. The van der Waals surface area contributed by atoms with Crippen molar-refractivity contribution in [1.82, 2.24) is 4.37 Å². The monoisotopic (exact) mass is 197 g/mol. The minimum Gasteiger partial charge on any atom is -0.286 e. The molecule has 60 valence electrons. The highest BCUT2D eigenvalue weighted by atomic mass is 35.5. The second-order valence-electron chi connectivity index (χ2n) is 2.30. The normalized spacial score (nSPS) is 10.4. The zero-order chi connectivity index (χ0) is 8.55. The molecule has 0 N–H and O–H groups in total. The number of benzene rings is 1. The van der Waals surface area contributed by atoms with Gasteiger partial charge in [0.2, 0.25) is 5.43 Å². The summed E-state index contributed by atoms with van der Waals surface area (Å²) in [6, 6.07) is 7.28. The van der Waals surface area contributed by atoms with E-state index in [0.29, 0.717) is 5.39 Å². The molecule has 0 atom stereocenters. The minimum absolute atomic E-state index is 0.0544. The van der Waals surface area contributed by atoms with E-state index in [1.807, 2.05) is 18.2 Å². The fourth-order valence-electron chi connectivity index (χ4n) is 0.976. The van der Waals surface area contributed by atoms with Crippen LogP contribution < -0.4 is 5.43 Å². The molecule has 0 aliphatic heterocycles. The van der Waals surface area contributed by atoms with Gasteiger partial charge in [0, 0.05) is 5.39 Å². The highest BCUT2D eigenvalue weighted by molar-refractivity contribution is 7.13. The summed E-state index contributed by atoms with van der Waals surface area (Å²) in [5, 5.41) is 0.696. The van der Waals surface area contributed by atoms with E-state index in [1.165, 1.54) is 11.5 Å². The maximum atomic E-state index is 11.3. The molecule has 1 heterocycles. The first-order valence-corrected chi connectivity index (χ1v) is 4.48. The molecule has 2 nitrogen and oxygen atoms in total. The van der Waals surface area contributed by atoms with Crippen molar-refractivity contribution in [3.63, 3.8) is 0 Å². The molecule has 0 unspecified atom stereocenters. The third-order valence-corrected chi connectivity index (χ3v) is 2.73. The molecule has 2 aromatic rings. The van der Waals surface area contributed by atoms with Gasteiger partial charge in [0.25, 0.3) is 0 Å². The van der Waals surface area contributed by atoms with Gasteiger partial charge in [-0.1, -0.05) is 23.7 Å². The molecule has 0 spiro atoms. The standard InChI is InChI=1S/C8H4ClNOS/c9-8-7(11)5-3-1-2-4-6(5)12-10-8/h1-4H. The zero-order valence-corrected chi connectivity index (χ0v) is 7.52. The third-order valence-electron chi connectivity index (χ3n) is 1.54. The highest BCUT2D eigenvalue weighted by Gasteiger charge is 2.02. The third kappa shape index (κ3) is 1.11. The van der Waals surface area contributed by atoms with Crippen molar-refractivity contribution < 1.29 is 0 Å². The van der Waals surface area contributed by atoms with Gasteiger partial charge in [-0.3, -0.25) is 4.79 Å². The Kier molecular flexibility index (Phi) is 1.83. The summed E-state index contributed by atoms with van der Waals surface area (Å²) in [6.07, 6.45) is 0. The van der Waals surface area contributed by atoms with Crippen LogP contribution in [0.1, 0.15) is 0 Å². The van der Waals surface area contributed by atoms with E-state index >= 15 is 0 Å². The molecule has 0 aliphatic rings. The first kappa shape index (κ1) is 7.71. The number of aromatic nitrogens is 1. The summed E-state index contributed by atoms with van der Waals surface area (Å²) >= 11 is 6.81. The van der Waals surface area contributed by atoms with E-state index in [-0.39, 0.29) is 10.6 Å². The second kappa shape index (κ2) is 2.84. The molecule has 0 saturated heterocycles. The molecule has 0 bridgehead atoms. The summed E-state index contributed by atoms with van der Waals surface area (Å²) < 4.78 is 4.67. The molecule has 0 amide bonds. The highest BCUT2D eigenvalue weighted by Crippen LogP contribution is 2.14. The van der Waals surface area contributed by atoms with Crippen LogP contribution in [-0.4, -0.2) is 4.37 Å². The van der Waals surface area contributed by atoms with E-state index in [4.69, 9.17) is 11.6 Å². The predicted molar refractivity (Wildman–Crippen MR) is 50.9 cm³/mol. The van der Waals surface area contributed by atoms with Gasteiger partial charge in [-0.25, -0.2) is 0 Å². The topological polar surface area (TPSA) is 30.0 Å². The summed E-state index contributed by atoms with van der Waals surface area (Å²) in [4.78, 5) is 11.3. The average Bonchev–Trinajstić information content (AvgIpc) is 2.12. The smallest absolute Gasteiger partial charge is 0.225 e. The number of hydrogen-bond donors (Lipinski definition) is 0. The second-order valence-corrected chi connectivity index (χ2v) is 3.46. The van der Waals surface area contributed by atoms with Gasteiger partial charge in [0.15, 0.2) is 5.15 Å². The van der Waals surface area contributed by atoms with Crippen molar-refractivity contribution in [3.05, 3.63) is 39.6 Å². The van der Waals surface area contributed by atoms with Crippen LogP contribution in [0.2, 0.25) is 5.15 Å². The molecule has 0 fully saturated rings. The largest absolute Gasteiger partial charge is 0.286 e. The van der Waals surface area contributed by atoms with Crippen LogP contribution in [0.25, 0.3) is 10.1 Å². The maximum Gasteiger partial charge on any atom is 0.225 e. The molecule has 1 aromatic carbocycles. The number of rotatable bonds is 0. The number of nitrogens with zero attached hydrogens (tertiary/aromatic N) is 1.